The highest BCUT2D eigenvalue weighted by Crippen LogP contribution is 2.29. The molecule has 38 heavy (non-hydrogen) atoms. The molecule has 5 rings (SSSR count). The van der Waals surface area contributed by atoms with Crippen LogP contribution >= 0.6 is 0 Å². The Kier molecular flexibility index (Phi) is 6.56. The van der Waals surface area contributed by atoms with E-state index in [1.165, 1.54) is 23.8 Å². The van der Waals surface area contributed by atoms with Gasteiger partial charge in [0.05, 0.1) is 40.0 Å². The molecule has 10 heteroatoms. The summed E-state index contributed by atoms with van der Waals surface area (Å²) in [6.07, 6.45) is 2.17. The van der Waals surface area contributed by atoms with Crippen LogP contribution in [0.25, 0.3) is 27.7 Å². The van der Waals surface area contributed by atoms with Gasteiger partial charge in [0.25, 0.3) is 15.6 Å². The summed E-state index contributed by atoms with van der Waals surface area (Å²) < 4.78 is 35.5. The summed E-state index contributed by atoms with van der Waals surface area (Å²) in [4.78, 5) is 22.4. The number of hydrogen-bond acceptors (Lipinski definition) is 7. The normalized spacial score (nSPS) is 11.4. The number of nitrogens with one attached hydrogen (secondary N) is 1. The molecular formula is C28H25N5O4S. The predicted molar refractivity (Wildman–Crippen MR) is 148 cm³/mol. The van der Waals surface area contributed by atoms with Crippen molar-refractivity contribution in [2.75, 3.05) is 17.6 Å². The molecule has 5 aromatic rings. The summed E-state index contributed by atoms with van der Waals surface area (Å²) >= 11 is 0. The van der Waals surface area contributed by atoms with Gasteiger partial charge in [0.15, 0.2) is 0 Å². The molecule has 192 valence electrons. The van der Waals surface area contributed by atoms with Gasteiger partial charge in [-0.2, -0.15) is 0 Å². The first-order chi connectivity index (χ1) is 18.3. The molecule has 0 aliphatic heterocycles. The number of sulfonamides is 1. The van der Waals surface area contributed by atoms with Crippen LogP contribution in [-0.4, -0.2) is 30.1 Å². The van der Waals surface area contributed by atoms with Crippen molar-refractivity contribution in [3.8, 4) is 22.6 Å². The first kappa shape index (κ1) is 25.0. The topological polar surface area (TPSA) is 129 Å². The average Bonchev–Trinajstić information content (AvgIpc) is 2.93. The van der Waals surface area contributed by atoms with Gasteiger partial charge in [-0.05, 0) is 54.4 Å². The van der Waals surface area contributed by atoms with Crippen molar-refractivity contribution >= 4 is 32.6 Å². The van der Waals surface area contributed by atoms with Gasteiger partial charge >= 0.3 is 0 Å². The van der Waals surface area contributed by atoms with Crippen LogP contribution in [0.2, 0.25) is 0 Å². The third-order valence-corrected chi connectivity index (χ3v) is 7.51. The molecule has 3 N–H and O–H groups in total. The Bertz CT molecular complexity index is 1820. The number of nitrogens with zero attached hydrogens (tertiary/aromatic N) is 3. The molecule has 0 fully saturated rings. The van der Waals surface area contributed by atoms with E-state index in [2.05, 4.69) is 14.7 Å². The van der Waals surface area contributed by atoms with E-state index in [4.69, 9.17) is 10.5 Å². The molecule has 0 aliphatic carbocycles. The third kappa shape index (κ3) is 4.69. The zero-order valence-electron chi connectivity index (χ0n) is 20.8. The van der Waals surface area contributed by atoms with Gasteiger partial charge in [0, 0.05) is 17.8 Å². The fourth-order valence-corrected chi connectivity index (χ4v) is 5.32. The molecular weight excluding hydrogens is 502 g/mol. The molecule has 0 saturated carbocycles. The Hall–Kier alpha value is -4.70. The second kappa shape index (κ2) is 9.98. The molecule has 0 atom stereocenters. The SMILES string of the molecule is CCc1ncc(-c2ccc3nc(N)n(-c4ccccc4)c(=O)c3c2)cc1NS(=O)(=O)c1cccc(OC)c1. The summed E-state index contributed by atoms with van der Waals surface area (Å²) in [5.74, 6) is 0.520. The van der Waals surface area contributed by atoms with Crippen molar-refractivity contribution in [1.29, 1.82) is 0 Å². The molecule has 0 radical (unpaired) electrons. The highest BCUT2D eigenvalue weighted by molar-refractivity contribution is 7.92. The molecule has 0 spiro atoms. The second-order valence-electron chi connectivity index (χ2n) is 8.53. The van der Waals surface area contributed by atoms with Crippen molar-refractivity contribution in [3.05, 3.63) is 101 Å². The zero-order chi connectivity index (χ0) is 26.9. The molecule has 2 heterocycles. The fourth-order valence-electron chi connectivity index (χ4n) is 4.20. The number of nitrogen functional groups attached to an aromatic ring is 1. The second-order valence-corrected chi connectivity index (χ2v) is 10.2. The Morgan fingerprint density at radius 3 is 2.50 bits per heavy atom. The number of rotatable bonds is 7. The van der Waals surface area contributed by atoms with Crippen molar-refractivity contribution in [3.63, 3.8) is 0 Å². The number of benzene rings is 3. The first-order valence-corrected chi connectivity index (χ1v) is 13.3. The van der Waals surface area contributed by atoms with Gasteiger partial charge in [-0.1, -0.05) is 37.3 Å². The van der Waals surface area contributed by atoms with Gasteiger partial charge in [0.1, 0.15) is 5.75 Å². The van der Waals surface area contributed by atoms with E-state index in [0.717, 1.165) is 0 Å². The minimum atomic E-state index is -3.91. The van der Waals surface area contributed by atoms with Gasteiger partial charge in [-0.25, -0.2) is 18.0 Å². The van der Waals surface area contributed by atoms with Crippen LogP contribution in [0, 0.1) is 0 Å². The van der Waals surface area contributed by atoms with E-state index in [1.807, 2.05) is 25.1 Å². The van der Waals surface area contributed by atoms with E-state index >= 15 is 0 Å². The lowest BCUT2D eigenvalue weighted by atomic mass is 10.0. The van der Waals surface area contributed by atoms with Crippen LogP contribution in [0.5, 0.6) is 5.75 Å². The van der Waals surface area contributed by atoms with Crippen molar-refractivity contribution in [2.45, 2.75) is 18.2 Å². The highest BCUT2D eigenvalue weighted by atomic mass is 32.2. The van der Waals surface area contributed by atoms with Crippen LogP contribution in [0.4, 0.5) is 11.6 Å². The van der Waals surface area contributed by atoms with E-state index in [9.17, 15) is 13.2 Å². The Morgan fingerprint density at radius 1 is 0.974 bits per heavy atom. The lowest BCUT2D eigenvalue weighted by molar-refractivity contribution is 0.413. The number of nitrogens with two attached hydrogens (primary N) is 1. The van der Waals surface area contributed by atoms with Crippen LogP contribution in [0.15, 0.2) is 94.7 Å². The number of ether oxygens (including phenoxy) is 1. The summed E-state index contributed by atoms with van der Waals surface area (Å²) in [6.45, 7) is 1.89. The molecule has 2 aromatic heterocycles. The monoisotopic (exact) mass is 527 g/mol. The molecule has 0 unspecified atom stereocenters. The van der Waals surface area contributed by atoms with Crippen LogP contribution in [0.3, 0.4) is 0 Å². The number of hydrogen-bond donors (Lipinski definition) is 2. The highest BCUT2D eigenvalue weighted by Gasteiger charge is 2.18. The van der Waals surface area contributed by atoms with Gasteiger partial charge in [-0.3, -0.25) is 14.5 Å². The number of para-hydroxylation sites is 1. The number of aryl methyl sites for hydroxylation is 1. The third-order valence-electron chi connectivity index (χ3n) is 6.14. The van der Waals surface area contributed by atoms with Gasteiger partial charge < -0.3 is 10.5 Å². The van der Waals surface area contributed by atoms with E-state index in [-0.39, 0.29) is 16.4 Å². The Balaban J connectivity index is 1.58. The quantitative estimate of drug-likeness (QED) is 0.321. The first-order valence-electron chi connectivity index (χ1n) is 11.8. The molecule has 0 saturated heterocycles. The van der Waals surface area contributed by atoms with Crippen molar-refractivity contribution in [1.82, 2.24) is 14.5 Å². The number of aromatic nitrogens is 3. The van der Waals surface area contributed by atoms with Gasteiger partial charge in [-0.15, -0.1) is 0 Å². The average molecular weight is 528 g/mol. The Labute approximate surface area is 219 Å². The van der Waals surface area contributed by atoms with Crippen LogP contribution in [0.1, 0.15) is 12.6 Å². The van der Waals surface area contributed by atoms with E-state index < -0.39 is 10.0 Å². The molecule has 0 bridgehead atoms. The largest absolute Gasteiger partial charge is 0.497 e. The zero-order valence-corrected chi connectivity index (χ0v) is 21.6. The lowest BCUT2D eigenvalue weighted by Gasteiger charge is -2.14. The van der Waals surface area contributed by atoms with E-state index in [1.54, 1.807) is 54.7 Å². The number of pyridine rings is 1. The minimum absolute atomic E-state index is 0.0696. The number of fused-ring (bicyclic) bond motifs is 1. The minimum Gasteiger partial charge on any atom is -0.497 e. The maximum absolute atomic E-state index is 13.4. The summed E-state index contributed by atoms with van der Waals surface area (Å²) in [7, 11) is -2.43. The predicted octanol–water partition coefficient (Wildman–Crippen LogP) is 4.40. The van der Waals surface area contributed by atoms with E-state index in [0.29, 0.717) is 51.3 Å². The molecule has 0 aliphatic rings. The number of methoxy groups -OCH3 is 1. The van der Waals surface area contributed by atoms with Crippen LogP contribution in [-0.2, 0) is 16.4 Å². The molecule has 3 aromatic carbocycles. The smallest absolute Gasteiger partial charge is 0.267 e. The number of anilines is 2. The van der Waals surface area contributed by atoms with Crippen molar-refractivity contribution in [2.24, 2.45) is 0 Å². The molecule has 9 nitrogen and oxygen atoms in total. The Morgan fingerprint density at radius 2 is 1.76 bits per heavy atom. The molecule has 0 amide bonds. The summed E-state index contributed by atoms with van der Waals surface area (Å²) in [5, 5.41) is 0.374. The summed E-state index contributed by atoms with van der Waals surface area (Å²) in [5.41, 5.74) is 9.12. The van der Waals surface area contributed by atoms with Crippen molar-refractivity contribution < 1.29 is 13.2 Å². The van der Waals surface area contributed by atoms with Gasteiger partial charge in [0.2, 0.25) is 5.95 Å². The lowest BCUT2D eigenvalue weighted by Crippen LogP contribution is -2.23. The standard InChI is InChI=1S/C28H25N5O4S/c1-3-24-26(32-38(35,36)22-11-7-10-21(16-22)37-2)15-19(17-30-24)18-12-13-25-23(14-18)27(34)33(28(29)31-25)20-8-5-4-6-9-20/h4-17,32H,3H2,1-2H3,(H2,29,31). The maximum Gasteiger partial charge on any atom is 0.267 e. The fraction of sp³-hybridized carbons (Fsp3) is 0.107. The maximum atomic E-state index is 13.4. The summed E-state index contributed by atoms with van der Waals surface area (Å²) in [6, 6.07) is 22.2. The van der Waals surface area contributed by atoms with Crippen LogP contribution < -0.4 is 20.8 Å².